The fourth-order valence-corrected chi connectivity index (χ4v) is 5.16. The molecule has 0 aromatic heterocycles. The van der Waals surface area contributed by atoms with E-state index in [9.17, 15) is 22.4 Å². The van der Waals surface area contributed by atoms with Crippen LogP contribution < -0.4 is 9.62 Å². The molecular formula is C25H33Cl2FN4O4S. The van der Waals surface area contributed by atoms with Crippen LogP contribution in [0.3, 0.4) is 0 Å². The summed E-state index contributed by atoms with van der Waals surface area (Å²) in [5.41, 5.74) is -0.490. The predicted molar refractivity (Wildman–Crippen MR) is 145 cm³/mol. The molecular weight excluding hydrogens is 542 g/mol. The molecule has 2 aromatic rings. The van der Waals surface area contributed by atoms with Crippen molar-refractivity contribution in [3.63, 3.8) is 0 Å². The Bertz CT molecular complexity index is 1220. The molecule has 0 aliphatic heterocycles. The molecule has 0 saturated carbocycles. The highest BCUT2D eigenvalue weighted by atomic mass is 35.5. The molecule has 204 valence electrons. The first-order chi connectivity index (χ1) is 17.1. The van der Waals surface area contributed by atoms with Crippen LogP contribution in [0.2, 0.25) is 10.0 Å². The van der Waals surface area contributed by atoms with Crippen LogP contribution in [0.5, 0.6) is 0 Å². The maximum Gasteiger partial charge on any atom is 0.304 e. The molecule has 0 unspecified atom stereocenters. The molecule has 2 aromatic carbocycles. The molecule has 0 aliphatic rings. The topological polar surface area (TPSA) is 90.0 Å². The number of halogens is 3. The fourth-order valence-electron chi connectivity index (χ4n) is 3.58. The maximum absolute atomic E-state index is 14.7. The Balaban J connectivity index is 2.60. The van der Waals surface area contributed by atoms with Gasteiger partial charge in [0.05, 0.1) is 5.69 Å². The monoisotopic (exact) mass is 574 g/mol. The van der Waals surface area contributed by atoms with Crippen molar-refractivity contribution in [1.82, 2.24) is 14.5 Å². The van der Waals surface area contributed by atoms with Crippen LogP contribution in [0.15, 0.2) is 42.5 Å². The number of hydrogen-bond acceptors (Lipinski definition) is 4. The second-order valence-corrected chi connectivity index (χ2v) is 12.5. The van der Waals surface area contributed by atoms with Crippen LogP contribution in [0.4, 0.5) is 10.1 Å². The number of nitrogens with zero attached hydrogens (tertiary/aromatic N) is 3. The van der Waals surface area contributed by atoms with Gasteiger partial charge in [0, 0.05) is 41.8 Å². The van der Waals surface area contributed by atoms with Crippen molar-refractivity contribution in [3.8, 4) is 0 Å². The molecule has 0 fully saturated rings. The van der Waals surface area contributed by atoms with Gasteiger partial charge in [-0.05, 0) is 51.5 Å². The van der Waals surface area contributed by atoms with E-state index in [1.54, 1.807) is 45.9 Å². The molecule has 0 spiro atoms. The van der Waals surface area contributed by atoms with Gasteiger partial charge < -0.3 is 10.2 Å². The van der Waals surface area contributed by atoms with Crippen molar-refractivity contribution < 1.29 is 22.4 Å². The van der Waals surface area contributed by atoms with Crippen LogP contribution in [0, 0.1) is 5.82 Å². The number of amides is 2. The normalized spacial score (nSPS) is 12.8. The van der Waals surface area contributed by atoms with E-state index >= 15 is 0 Å². The maximum atomic E-state index is 14.7. The summed E-state index contributed by atoms with van der Waals surface area (Å²) in [5.74, 6) is -1.99. The summed E-state index contributed by atoms with van der Waals surface area (Å²) < 4.78 is 42.6. The second kappa shape index (κ2) is 12.4. The van der Waals surface area contributed by atoms with Gasteiger partial charge in [0.2, 0.25) is 11.8 Å². The van der Waals surface area contributed by atoms with Gasteiger partial charge in [-0.1, -0.05) is 48.3 Å². The average Bonchev–Trinajstić information content (AvgIpc) is 2.78. The van der Waals surface area contributed by atoms with E-state index in [1.165, 1.54) is 37.2 Å². The van der Waals surface area contributed by atoms with Gasteiger partial charge in [0.25, 0.3) is 0 Å². The molecule has 0 bridgehead atoms. The number of benzene rings is 2. The van der Waals surface area contributed by atoms with Gasteiger partial charge in [-0.2, -0.15) is 12.7 Å². The minimum atomic E-state index is -4.29. The molecule has 37 heavy (non-hydrogen) atoms. The van der Waals surface area contributed by atoms with Gasteiger partial charge in [-0.15, -0.1) is 0 Å². The zero-order valence-electron chi connectivity index (χ0n) is 21.8. The third-order valence-corrected chi connectivity index (χ3v) is 7.93. The summed E-state index contributed by atoms with van der Waals surface area (Å²) in [6, 6.07) is 9.11. The molecule has 0 heterocycles. The molecule has 1 N–H and O–H groups in total. The van der Waals surface area contributed by atoms with Gasteiger partial charge >= 0.3 is 10.2 Å². The minimum Gasteiger partial charge on any atom is -0.350 e. The van der Waals surface area contributed by atoms with Crippen molar-refractivity contribution in [1.29, 1.82) is 0 Å². The van der Waals surface area contributed by atoms with Crippen molar-refractivity contribution in [2.75, 3.05) is 24.9 Å². The van der Waals surface area contributed by atoms with E-state index in [0.29, 0.717) is 9.87 Å². The summed E-state index contributed by atoms with van der Waals surface area (Å²) in [6.07, 6.45) is 0.218. The molecule has 8 nitrogen and oxygen atoms in total. The van der Waals surface area contributed by atoms with Crippen molar-refractivity contribution in [3.05, 3.63) is 63.9 Å². The van der Waals surface area contributed by atoms with Gasteiger partial charge in [0.1, 0.15) is 18.4 Å². The van der Waals surface area contributed by atoms with E-state index in [2.05, 4.69) is 5.32 Å². The smallest absolute Gasteiger partial charge is 0.304 e. The van der Waals surface area contributed by atoms with Crippen molar-refractivity contribution in [2.24, 2.45) is 0 Å². The first-order valence-corrected chi connectivity index (χ1v) is 13.7. The Morgan fingerprint density at radius 2 is 1.59 bits per heavy atom. The lowest BCUT2D eigenvalue weighted by molar-refractivity contribution is -0.141. The number of carbonyl (C=O) groups is 2. The summed E-state index contributed by atoms with van der Waals surface area (Å²) in [5, 5.41) is 3.43. The zero-order chi connectivity index (χ0) is 28.1. The summed E-state index contributed by atoms with van der Waals surface area (Å²) in [4.78, 5) is 28.3. The van der Waals surface area contributed by atoms with Gasteiger partial charge in [-0.3, -0.25) is 9.59 Å². The Morgan fingerprint density at radius 3 is 2.08 bits per heavy atom. The number of anilines is 1. The summed E-state index contributed by atoms with van der Waals surface area (Å²) in [7, 11) is -1.73. The summed E-state index contributed by atoms with van der Waals surface area (Å²) in [6.45, 7) is 6.21. The van der Waals surface area contributed by atoms with Gasteiger partial charge in [-0.25, -0.2) is 8.70 Å². The SMILES string of the molecule is CC[C@H](C(=O)NC(C)(C)C)N(Cc1c(Cl)cccc1Cl)C(=O)CN(c1ccccc1F)S(=O)(=O)N(C)C. The van der Waals surface area contributed by atoms with Crippen LogP contribution in [0.1, 0.15) is 39.7 Å². The van der Waals surface area contributed by atoms with E-state index in [1.807, 2.05) is 0 Å². The van der Waals surface area contributed by atoms with Crippen LogP contribution >= 0.6 is 23.2 Å². The Morgan fingerprint density at radius 1 is 1.03 bits per heavy atom. The molecule has 2 rings (SSSR count). The Hall–Kier alpha value is -2.40. The molecule has 0 saturated heterocycles. The molecule has 1 atom stereocenters. The highest BCUT2D eigenvalue weighted by molar-refractivity contribution is 7.90. The van der Waals surface area contributed by atoms with Crippen LogP contribution in [-0.2, 0) is 26.3 Å². The quantitative estimate of drug-likeness (QED) is 0.453. The third kappa shape index (κ3) is 7.80. The predicted octanol–water partition coefficient (Wildman–Crippen LogP) is 4.47. The van der Waals surface area contributed by atoms with E-state index in [4.69, 9.17) is 23.2 Å². The standard InChI is InChI=1S/C25H33Cl2FN4O4S/c1-7-21(24(34)29-25(2,3)4)31(15-17-18(26)11-10-12-19(17)27)23(33)16-32(37(35,36)30(5)6)22-14-9-8-13-20(22)28/h8-14,21H,7,15-16H2,1-6H3,(H,29,34)/t21-/m1/s1. The van der Waals surface area contributed by atoms with Crippen molar-refractivity contribution >= 4 is 50.9 Å². The number of para-hydroxylation sites is 1. The molecule has 2 amide bonds. The highest BCUT2D eigenvalue weighted by Crippen LogP contribution is 2.28. The highest BCUT2D eigenvalue weighted by Gasteiger charge is 2.36. The van der Waals surface area contributed by atoms with Crippen LogP contribution in [-0.4, -0.2) is 61.7 Å². The third-order valence-electron chi connectivity index (χ3n) is 5.41. The first-order valence-electron chi connectivity index (χ1n) is 11.6. The lowest BCUT2D eigenvalue weighted by atomic mass is 10.1. The number of nitrogens with one attached hydrogen (secondary N) is 1. The molecule has 0 radical (unpaired) electrons. The Labute approximate surface area is 228 Å². The van der Waals surface area contributed by atoms with Crippen LogP contribution in [0.25, 0.3) is 0 Å². The fraction of sp³-hybridized carbons (Fsp3) is 0.440. The van der Waals surface area contributed by atoms with E-state index in [0.717, 1.165) is 10.4 Å². The Kier molecular flexibility index (Phi) is 10.4. The first kappa shape index (κ1) is 30.8. The summed E-state index contributed by atoms with van der Waals surface area (Å²) >= 11 is 12.7. The number of hydrogen-bond donors (Lipinski definition) is 1. The second-order valence-electron chi connectivity index (χ2n) is 9.63. The van der Waals surface area contributed by atoms with E-state index in [-0.39, 0.29) is 28.7 Å². The lowest BCUT2D eigenvalue weighted by Gasteiger charge is -2.35. The molecule has 12 heteroatoms. The molecule has 0 aliphatic carbocycles. The number of rotatable bonds is 10. The minimum absolute atomic E-state index is 0.166. The largest absolute Gasteiger partial charge is 0.350 e. The van der Waals surface area contributed by atoms with E-state index < -0.39 is 46.0 Å². The van der Waals surface area contributed by atoms with Crippen molar-refractivity contribution in [2.45, 2.75) is 52.2 Å². The average molecular weight is 576 g/mol. The van der Waals surface area contributed by atoms with Gasteiger partial charge in [0.15, 0.2) is 0 Å². The number of carbonyl (C=O) groups excluding carboxylic acids is 2. The lowest BCUT2D eigenvalue weighted by Crippen LogP contribution is -2.55. The zero-order valence-corrected chi connectivity index (χ0v) is 24.1.